The van der Waals surface area contributed by atoms with Gasteiger partial charge in [0.05, 0.1) is 17.6 Å². The third-order valence-electron chi connectivity index (χ3n) is 3.23. The van der Waals surface area contributed by atoms with Crippen molar-refractivity contribution >= 4 is 5.57 Å². The number of aromatic amines is 1. The fourth-order valence-electron chi connectivity index (χ4n) is 2.18. The molecule has 18 heavy (non-hydrogen) atoms. The molecular weight excluding hydrogens is 226 g/mol. The van der Waals surface area contributed by atoms with E-state index in [0.717, 1.165) is 36.5 Å². The van der Waals surface area contributed by atoms with Crippen molar-refractivity contribution in [2.24, 2.45) is 0 Å². The van der Waals surface area contributed by atoms with Crippen molar-refractivity contribution < 1.29 is 0 Å². The molecule has 0 unspecified atom stereocenters. The molecule has 3 rings (SSSR count). The Morgan fingerprint density at radius 1 is 1.28 bits per heavy atom. The molecule has 0 bridgehead atoms. The van der Waals surface area contributed by atoms with Gasteiger partial charge >= 0.3 is 0 Å². The van der Waals surface area contributed by atoms with Crippen molar-refractivity contribution in [3.05, 3.63) is 36.3 Å². The second-order valence-electron chi connectivity index (χ2n) is 4.51. The largest absolute Gasteiger partial charge is 0.302 e. The molecule has 0 saturated carbocycles. The molecule has 2 aromatic heterocycles. The van der Waals surface area contributed by atoms with Gasteiger partial charge in [0.1, 0.15) is 0 Å². The standard InChI is InChI=1S/C13H15N5/c1-18-8-4-10(5-9-18)13-11(2-6-15-17-13)12-3-7-14-16-12/h2-4,6-7H,5,8-9H2,1H3,(H,14,16). The van der Waals surface area contributed by atoms with Gasteiger partial charge in [-0.15, -0.1) is 0 Å². The molecule has 0 aliphatic carbocycles. The van der Waals surface area contributed by atoms with Crippen LogP contribution in [0.5, 0.6) is 0 Å². The highest BCUT2D eigenvalue weighted by Crippen LogP contribution is 2.28. The maximum Gasteiger partial charge on any atom is 0.0980 e. The van der Waals surface area contributed by atoms with Crippen LogP contribution in [0.4, 0.5) is 0 Å². The zero-order valence-electron chi connectivity index (χ0n) is 10.3. The van der Waals surface area contributed by atoms with Gasteiger partial charge in [-0.2, -0.15) is 15.3 Å². The van der Waals surface area contributed by atoms with Gasteiger partial charge in [-0.1, -0.05) is 6.08 Å². The molecule has 1 aliphatic heterocycles. The van der Waals surface area contributed by atoms with Crippen LogP contribution in [0.3, 0.4) is 0 Å². The van der Waals surface area contributed by atoms with Gasteiger partial charge in [0.25, 0.3) is 0 Å². The number of H-pyrrole nitrogens is 1. The summed E-state index contributed by atoms with van der Waals surface area (Å²) in [6.07, 6.45) is 6.71. The number of rotatable bonds is 2. The Labute approximate surface area is 106 Å². The van der Waals surface area contributed by atoms with E-state index in [9.17, 15) is 0 Å². The molecular formula is C13H15N5. The molecule has 5 nitrogen and oxygen atoms in total. The van der Waals surface area contributed by atoms with Crippen molar-refractivity contribution in [3.63, 3.8) is 0 Å². The van der Waals surface area contributed by atoms with E-state index in [1.54, 1.807) is 12.4 Å². The van der Waals surface area contributed by atoms with Crippen LogP contribution in [0.1, 0.15) is 12.1 Å². The summed E-state index contributed by atoms with van der Waals surface area (Å²) in [6.45, 7) is 2.03. The molecule has 2 aromatic rings. The van der Waals surface area contributed by atoms with Crippen LogP contribution < -0.4 is 0 Å². The molecule has 1 aliphatic rings. The van der Waals surface area contributed by atoms with Crippen molar-refractivity contribution in [1.29, 1.82) is 0 Å². The molecule has 0 saturated heterocycles. The molecule has 0 atom stereocenters. The van der Waals surface area contributed by atoms with Gasteiger partial charge < -0.3 is 4.90 Å². The summed E-state index contributed by atoms with van der Waals surface area (Å²) in [5.74, 6) is 0. The van der Waals surface area contributed by atoms with Gasteiger partial charge in [0, 0.05) is 24.8 Å². The average Bonchev–Trinajstić information content (AvgIpc) is 2.93. The van der Waals surface area contributed by atoms with Gasteiger partial charge in [-0.05, 0) is 31.2 Å². The smallest absolute Gasteiger partial charge is 0.0980 e. The third kappa shape index (κ3) is 2.04. The minimum absolute atomic E-state index is 0.967. The van der Waals surface area contributed by atoms with Crippen molar-refractivity contribution in [2.75, 3.05) is 20.1 Å². The predicted molar refractivity (Wildman–Crippen MR) is 69.7 cm³/mol. The Morgan fingerprint density at radius 3 is 2.94 bits per heavy atom. The fourth-order valence-corrected chi connectivity index (χ4v) is 2.18. The summed E-state index contributed by atoms with van der Waals surface area (Å²) in [4.78, 5) is 2.29. The van der Waals surface area contributed by atoms with E-state index in [2.05, 4.69) is 38.4 Å². The van der Waals surface area contributed by atoms with Gasteiger partial charge in [-0.3, -0.25) is 5.10 Å². The lowest BCUT2D eigenvalue weighted by atomic mass is 9.99. The summed E-state index contributed by atoms with van der Waals surface area (Å²) in [5, 5.41) is 15.3. The molecule has 1 N–H and O–H groups in total. The SMILES string of the molecule is CN1CC=C(c2nnccc2-c2ccn[nH]2)CC1. The molecule has 92 valence electrons. The van der Waals surface area contributed by atoms with Crippen LogP contribution in [0.15, 0.2) is 30.6 Å². The number of hydrogen-bond donors (Lipinski definition) is 1. The van der Waals surface area contributed by atoms with Crippen LogP contribution >= 0.6 is 0 Å². The Morgan fingerprint density at radius 2 is 2.22 bits per heavy atom. The van der Waals surface area contributed by atoms with Gasteiger partial charge in [-0.25, -0.2) is 0 Å². The zero-order valence-corrected chi connectivity index (χ0v) is 10.3. The first kappa shape index (κ1) is 11.1. The van der Waals surface area contributed by atoms with E-state index in [1.165, 1.54) is 5.57 Å². The highest BCUT2D eigenvalue weighted by molar-refractivity contribution is 5.77. The minimum Gasteiger partial charge on any atom is -0.302 e. The highest BCUT2D eigenvalue weighted by Gasteiger charge is 2.15. The third-order valence-corrected chi connectivity index (χ3v) is 3.23. The van der Waals surface area contributed by atoms with Gasteiger partial charge in [0.15, 0.2) is 0 Å². The molecule has 0 spiro atoms. The monoisotopic (exact) mass is 241 g/mol. The van der Waals surface area contributed by atoms with E-state index < -0.39 is 0 Å². The normalized spacial score (nSPS) is 16.6. The molecule has 0 amide bonds. The first-order valence-electron chi connectivity index (χ1n) is 6.04. The Bertz CT molecular complexity index is 559. The lowest BCUT2D eigenvalue weighted by Crippen LogP contribution is -2.24. The average molecular weight is 241 g/mol. The van der Waals surface area contributed by atoms with E-state index >= 15 is 0 Å². The van der Waals surface area contributed by atoms with Crippen LogP contribution in [-0.2, 0) is 0 Å². The topological polar surface area (TPSA) is 57.7 Å². The molecule has 5 heteroatoms. The number of nitrogens with one attached hydrogen (secondary N) is 1. The summed E-state index contributed by atoms with van der Waals surface area (Å²) in [6, 6.07) is 3.94. The molecule has 0 aromatic carbocycles. The maximum atomic E-state index is 4.30. The molecule has 0 fully saturated rings. The first-order chi connectivity index (χ1) is 8.84. The van der Waals surface area contributed by atoms with Crippen LogP contribution in [0.25, 0.3) is 16.8 Å². The zero-order chi connectivity index (χ0) is 12.4. The highest BCUT2D eigenvalue weighted by atomic mass is 15.1. The molecule has 3 heterocycles. The Balaban J connectivity index is 2.02. The summed E-state index contributed by atoms with van der Waals surface area (Å²) < 4.78 is 0. The van der Waals surface area contributed by atoms with E-state index in [1.807, 2.05) is 12.1 Å². The quantitative estimate of drug-likeness (QED) is 0.867. The summed E-state index contributed by atoms with van der Waals surface area (Å²) in [7, 11) is 2.12. The Kier molecular flexibility index (Phi) is 2.90. The van der Waals surface area contributed by atoms with Crippen molar-refractivity contribution in [2.45, 2.75) is 6.42 Å². The maximum absolute atomic E-state index is 4.30. The van der Waals surface area contributed by atoms with E-state index in [0.29, 0.717) is 0 Å². The number of nitrogens with zero attached hydrogens (tertiary/aromatic N) is 4. The second kappa shape index (κ2) is 4.70. The summed E-state index contributed by atoms with van der Waals surface area (Å²) >= 11 is 0. The second-order valence-corrected chi connectivity index (χ2v) is 4.51. The minimum atomic E-state index is 0.967. The van der Waals surface area contributed by atoms with E-state index in [4.69, 9.17) is 0 Å². The summed E-state index contributed by atoms with van der Waals surface area (Å²) in [5.41, 5.74) is 4.29. The van der Waals surface area contributed by atoms with Crippen LogP contribution in [0, 0.1) is 0 Å². The number of hydrogen-bond acceptors (Lipinski definition) is 4. The van der Waals surface area contributed by atoms with E-state index in [-0.39, 0.29) is 0 Å². The number of aromatic nitrogens is 4. The number of likely N-dealkylation sites (N-methyl/N-ethyl adjacent to an activating group) is 1. The Hall–Kier alpha value is -2.01. The molecule has 0 radical (unpaired) electrons. The van der Waals surface area contributed by atoms with Crippen LogP contribution in [0.2, 0.25) is 0 Å². The lowest BCUT2D eigenvalue weighted by Gasteiger charge is -2.22. The fraction of sp³-hybridized carbons (Fsp3) is 0.308. The first-order valence-corrected chi connectivity index (χ1v) is 6.04. The van der Waals surface area contributed by atoms with Crippen LogP contribution in [-0.4, -0.2) is 45.4 Å². The lowest BCUT2D eigenvalue weighted by molar-refractivity contribution is 0.369. The van der Waals surface area contributed by atoms with Gasteiger partial charge in [0.2, 0.25) is 0 Å². The van der Waals surface area contributed by atoms with Crippen molar-refractivity contribution in [1.82, 2.24) is 25.3 Å². The van der Waals surface area contributed by atoms with Crippen molar-refractivity contribution in [3.8, 4) is 11.3 Å². The predicted octanol–water partition coefficient (Wildman–Crippen LogP) is 1.59.